The summed E-state index contributed by atoms with van der Waals surface area (Å²) in [7, 11) is -3.16. The average molecular weight is 280 g/mol. The van der Waals surface area contributed by atoms with Gasteiger partial charge in [0.2, 0.25) is 10.0 Å². The molecule has 5 heteroatoms. The smallest absolute Gasteiger partial charge is 0.212 e. The maximum Gasteiger partial charge on any atom is 0.215 e. The van der Waals surface area contributed by atoms with Crippen LogP contribution in [0.3, 0.4) is 0 Å². The van der Waals surface area contributed by atoms with Crippen LogP contribution in [0.4, 0.5) is 0 Å². The third-order valence-corrected chi connectivity index (χ3v) is 6.74. The number of nitrogens with one attached hydrogen (secondary N) is 1. The van der Waals surface area contributed by atoms with Gasteiger partial charge in [0.1, 0.15) is 0 Å². The van der Waals surface area contributed by atoms with Crippen molar-refractivity contribution in [1.82, 2.24) is 4.72 Å². The van der Waals surface area contributed by atoms with Crippen LogP contribution < -0.4 is 4.72 Å². The van der Waals surface area contributed by atoms with Crippen LogP contribution in [0, 0.1) is 0 Å². The van der Waals surface area contributed by atoms with Crippen molar-refractivity contribution in [2.45, 2.75) is 68.6 Å². The van der Waals surface area contributed by atoms with Gasteiger partial charge < -0.3 is 0 Å². The molecule has 100 valence electrons. The van der Waals surface area contributed by atoms with Gasteiger partial charge in [0.25, 0.3) is 0 Å². The van der Waals surface area contributed by atoms with E-state index in [0.717, 1.165) is 51.4 Å². The number of hydrogen-bond donors (Lipinski definition) is 1. The van der Waals surface area contributed by atoms with Gasteiger partial charge in [-0.05, 0) is 25.7 Å². The lowest BCUT2D eigenvalue weighted by molar-refractivity contribution is 0.297. The molecule has 17 heavy (non-hydrogen) atoms. The van der Waals surface area contributed by atoms with Crippen LogP contribution in [0.5, 0.6) is 0 Å². The molecule has 0 aromatic carbocycles. The monoisotopic (exact) mass is 279 g/mol. The van der Waals surface area contributed by atoms with Gasteiger partial charge in [0.15, 0.2) is 0 Å². The van der Waals surface area contributed by atoms with E-state index in [1.807, 2.05) is 0 Å². The lowest BCUT2D eigenvalue weighted by Crippen LogP contribution is -2.53. The quantitative estimate of drug-likeness (QED) is 0.805. The van der Waals surface area contributed by atoms with Gasteiger partial charge in [-0.25, -0.2) is 13.1 Å². The van der Waals surface area contributed by atoms with E-state index in [0.29, 0.717) is 5.88 Å². The number of hydrogen-bond acceptors (Lipinski definition) is 2. The van der Waals surface area contributed by atoms with Gasteiger partial charge in [0, 0.05) is 11.4 Å². The third-order valence-electron chi connectivity index (χ3n) is 4.17. The zero-order valence-corrected chi connectivity index (χ0v) is 11.8. The Hall–Kier alpha value is 0.200. The number of alkyl halides is 1. The van der Waals surface area contributed by atoms with Crippen LogP contribution in [0.25, 0.3) is 0 Å². The molecule has 2 fully saturated rings. The standard InChI is InChI=1S/C12H22ClNO2S/c13-10-12(8-4-1-5-9-12)14-17(15,16)11-6-2-3-7-11/h11,14H,1-10H2. The Balaban J connectivity index is 2.06. The lowest BCUT2D eigenvalue weighted by atomic mass is 9.84. The third kappa shape index (κ3) is 3.15. The fourth-order valence-electron chi connectivity index (χ4n) is 3.08. The molecule has 0 unspecified atom stereocenters. The Kier molecular flexibility index (Phi) is 4.37. The molecule has 2 aliphatic rings. The fourth-order valence-corrected chi connectivity index (χ4v) is 5.49. The van der Waals surface area contributed by atoms with Gasteiger partial charge >= 0.3 is 0 Å². The first kappa shape index (κ1) is 13.6. The Morgan fingerprint density at radius 2 is 1.65 bits per heavy atom. The first-order valence-electron chi connectivity index (χ1n) is 6.67. The average Bonchev–Trinajstić information content (AvgIpc) is 2.84. The van der Waals surface area contributed by atoms with Crippen molar-refractivity contribution < 1.29 is 8.42 Å². The van der Waals surface area contributed by atoms with Gasteiger partial charge in [0.05, 0.1) is 5.25 Å². The van der Waals surface area contributed by atoms with Crippen molar-refractivity contribution in [3.63, 3.8) is 0 Å². The summed E-state index contributed by atoms with van der Waals surface area (Å²) in [6, 6.07) is 0. The molecule has 0 spiro atoms. The predicted molar refractivity (Wildman–Crippen MR) is 70.8 cm³/mol. The Morgan fingerprint density at radius 3 is 2.18 bits per heavy atom. The summed E-state index contributed by atoms with van der Waals surface area (Å²) in [5.74, 6) is 0.402. The van der Waals surface area contributed by atoms with Crippen molar-refractivity contribution in [2.75, 3.05) is 5.88 Å². The minimum Gasteiger partial charge on any atom is -0.212 e. The highest BCUT2D eigenvalue weighted by Gasteiger charge is 2.38. The van der Waals surface area contributed by atoms with Crippen LogP contribution in [-0.4, -0.2) is 25.1 Å². The molecule has 0 aromatic rings. The molecule has 0 radical (unpaired) electrons. The summed E-state index contributed by atoms with van der Waals surface area (Å²) in [5, 5.41) is -0.176. The molecule has 0 atom stereocenters. The molecule has 0 heterocycles. The normalized spacial score (nSPS) is 26.2. The minimum atomic E-state index is -3.16. The summed E-state index contributed by atoms with van der Waals surface area (Å²) in [5.41, 5.74) is -0.360. The summed E-state index contributed by atoms with van der Waals surface area (Å²) in [6.07, 6.45) is 8.86. The van der Waals surface area contributed by atoms with E-state index in [4.69, 9.17) is 11.6 Å². The highest BCUT2D eigenvalue weighted by Crippen LogP contribution is 2.32. The second kappa shape index (κ2) is 5.45. The van der Waals surface area contributed by atoms with E-state index in [1.165, 1.54) is 6.42 Å². The van der Waals surface area contributed by atoms with E-state index in [2.05, 4.69) is 4.72 Å². The molecular weight excluding hydrogens is 258 g/mol. The highest BCUT2D eigenvalue weighted by atomic mass is 35.5. The molecule has 0 aromatic heterocycles. The largest absolute Gasteiger partial charge is 0.215 e. The number of halogens is 1. The SMILES string of the molecule is O=S(=O)(NC1(CCl)CCCCC1)C1CCCC1. The maximum absolute atomic E-state index is 12.3. The summed E-state index contributed by atoms with van der Waals surface area (Å²) in [6.45, 7) is 0. The highest BCUT2D eigenvalue weighted by molar-refractivity contribution is 7.90. The van der Waals surface area contributed by atoms with Crippen molar-refractivity contribution in [3.05, 3.63) is 0 Å². The van der Waals surface area contributed by atoms with Gasteiger partial charge in [-0.3, -0.25) is 0 Å². The zero-order chi connectivity index (χ0) is 12.4. The summed E-state index contributed by atoms with van der Waals surface area (Å²) >= 11 is 6.02. The predicted octanol–water partition coefficient (Wildman–Crippen LogP) is 2.79. The van der Waals surface area contributed by atoms with Gasteiger partial charge in [-0.1, -0.05) is 32.1 Å². The molecule has 0 aliphatic heterocycles. The molecule has 1 N–H and O–H groups in total. The second-order valence-corrected chi connectivity index (χ2v) is 7.76. The van der Waals surface area contributed by atoms with E-state index in [1.54, 1.807) is 0 Å². The molecule has 2 rings (SSSR count). The van der Waals surface area contributed by atoms with Gasteiger partial charge in [-0.15, -0.1) is 11.6 Å². The molecule has 2 aliphatic carbocycles. The summed E-state index contributed by atoms with van der Waals surface area (Å²) < 4.78 is 27.5. The maximum atomic E-state index is 12.3. The first-order chi connectivity index (χ1) is 8.08. The van der Waals surface area contributed by atoms with Crippen LogP contribution >= 0.6 is 11.6 Å². The topological polar surface area (TPSA) is 46.2 Å². The molecule has 0 bridgehead atoms. The van der Waals surface area contributed by atoms with Crippen LogP contribution in [-0.2, 0) is 10.0 Å². The van der Waals surface area contributed by atoms with Gasteiger partial charge in [-0.2, -0.15) is 0 Å². The van der Waals surface area contributed by atoms with E-state index in [9.17, 15) is 8.42 Å². The number of rotatable bonds is 4. The van der Waals surface area contributed by atoms with Crippen LogP contribution in [0.2, 0.25) is 0 Å². The molecular formula is C12H22ClNO2S. The molecule has 0 saturated heterocycles. The summed E-state index contributed by atoms with van der Waals surface area (Å²) in [4.78, 5) is 0. The molecule has 2 saturated carbocycles. The van der Waals surface area contributed by atoms with Crippen molar-refractivity contribution in [2.24, 2.45) is 0 Å². The first-order valence-corrected chi connectivity index (χ1v) is 8.75. The van der Waals surface area contributed by atoms with Crippen molar-refractivity contribution in [1.29, 1.82) is 0 Å². The Morgan fingerprint density at radius 1 is 1.06 bits per heavy atom. The van der Waals surface area contributed by atoms with E-state index in [-0.39, 0.29) is 10.8 Å². The zero-order valence-electron chi connectivity index (χ0n) is 10.3. The second-order valence-electron chi connectivity index (χ2n) is 5.53. The van der Waals surface area contributed by atoms with Crippen molar-refractivity contribution in [3.8, 4) is 0 Å². The number of sulfonamides is 1. The lowest BCUT2D eigenvalue weighted by Gasteiger charge is -2.36. The van der Waals surface area contributed by atoms with Crippen LogP contribution in [0.1, 0.15) is 57.8 Å². The van der Waals surface area contributed by atoms with Crippen molar-refractivity contribution >= 4 is 21.6 Å². The molecule has 0 amide bonds. The van der Waals surface area contributed by atoms with E-state index < -0.39 is 10.0 Å². The van der Waals surface area contributed by atoms with Crippen LogP contribution in [0.15, 0.2) is 0 Å². The van der Waals surface area contributed by atoms with E-state index >= 15 is 0 Å². The minimum absolute atomic E-state index is 0.176. The molecule has 3 nitrogen and oxygen atoms in total. The Labute approximate surface area is 109 Å². The fraction of sp³-hybridized carbons (Fsp3) is 1.00. The Bertz CT molecular complexity index is 344.